The highest BCUT2D eigenvalue weighted by Crippen LogP contribution is 2.44. The van der Waals surface area contributed by atoms with Crippen molar-refractivity contribution in [2.24, 2.45) is 0 Å². The maximum absolute atomic E-state index is 12.8. The van der Waals surface area contributed by atoms with Gasteiger partial charge in [0.05, 0.1) is 0 Å². The Morgan fingerprint density at radius 3 is 2.47 bits per heavy atom. The molecule has 2 atom stereocenters. The Morgan fingerprint density at radius 1 is 1.10 bits per heavy atom. The van der Waals surface area contributed by atoms with E-state index in [0.29, 0.717) is 5.56 Å². The predicted octanol–water partition coefficient (Wildman–Crippen LogP) is 5.01. The van der Waals surface area contributed by atoms with Gasteiger partial charge in [-0.2, -0.15) is 0 Å². The Hall–Kier alpha value is -3.05. The van der Waals surface area contributed by atoms with Crippen LogP contribution in [-0.2, 0) is 6.42 Å². The van der Waals surface area contributed by atoms with Gasteiger partial charge in [-0.15, -0.1) is 0 Å². The number of fused-ring (bicyclic) bond motifs is 1. The van der Waals surface area contributed by atoms with Crippen LogP contribution in [-0.4, -0.2) is 27.2 Å². The summed E-state index contributed by atoms with van der Waals surface area (Å²) in [4.78, 5) is 12.8. The van der Waals surface area contributed by atoms with Gasteiger partial charge in [0.15, 0.2) is 12.2 Å². The number of benzene rings is 2. The van der Waals surface area contributed by atoms with Crippen molar-refractivity contribution in [2.75, 3.05) is 0 Å². The molecule has 0 saturated carbocycles. The van der Waals surface area contributed by atoms with E-state index in [9.17, 15) is 20.1 Å². The molecule has 5 nitrogen and oxygen atoms in total. The van der Waals surface area contributed by atoms with E-state index in [4.69, 9.17) is 4.74 Å². The fourth-order valence-corrected chi connectivity index (χ4v) is 3.55. The van der Waals surface area contributed by atoms with E-state index in [2.05, 4.69) is 19.9 Å². The number of rotatable bonds is 6. The van der Waals surface area contributed by atoms with Crippen LogP contribution in [0.15, 0.2) is 59.7 Å². The van der Waals surface area contributed by atoms with E-state index in [0.717, 1.165) is 18.4 Å². The summed E-state index contributed by atoms with van der Waals surface area (Å²) in [6, 6.07) is 10.3. The number of aromatic hydroxyl groups is 2. The van der Waals surface area contributed by atoms with Crippen molar-refractivity contribution in [3.63, 3.8) is 0 Å². The molecule has 0 unspecified atom stereocenters. The number of carbonyl (C=O) groups excluding carboxylic acids is 1. The first-order valence-corrected chi connectivity index (χ1v) is 10.1. The number of aliphatic hydroxyl groups is 1. The number of carbonyl (C=O) groups is 1. The average Bonchev–Trinajstić information content (AvgIpc) is 2.70. The Morgan fingerprint density at radius 2 is 1.80 bits per heavy atom. The van der Waals surface area contributed by atoms with E-state index < -0.39 is 18.0 Å². The van der Waals surface area contributed by atoms with Gasteiger partial charge in [-0.1, -0.05) is 53.6 Å². The number of allylic oxidation sites excluding steroid dienone is 4. The van der Waals surface area contributed by atoms with Gasteiger partial charge in [0.2, 0.25) is 5.78 Å². The standard InChI is InChI=1S/C25H28O5/c1-15(2)8-7-9-16(3)12-13-18-19(26)14-20-21(22(18)27)23(28)24(29)25(30-20)17-10-5-4-6-11-17/h4-6,8,10-12,14,24-27,29H,7,9,13H2,1-3H3/t24-,25-/m1/s1. The van der Waals surface area contributed by atoms with Crippen LogP contribution >= 0.6 is 0 Å². The molecule has 3 rings (SSSR count). The lowest BCUT2D eigenvalue weighted by Crippen LogP contribution is -2.36. The average molecular weight is 408 g/mol. The second-order valence-electron chi connectivity index (χ2n) is 7.93. The molecule has 1 aliphatic heterocycles. The minimum atomic E-state index is -1.44. The Labute approximate surface area is 177 Å². The molecule has 30 heavy (non-hydrogen) atoms. The van der Waals surface area contributed by atoms with Gasteiger partial charge in [-0.3, -0.25) is 4.79 Å². The van der Waals surface area contributed by atoms with E-state index in [1.54, 1.807) is 24.3 Å². The molecule has 5 heteroatoms. The molecule has 0 aliphatic carbocycles. The summed E-state index contributed by atoms with van der Waals surface area (Å²) < 4.78 is 5.81. The van der Waals surface area contributed by atoms with Crippen LogP contribution in [0, 0.1) is 0 Å². The molecule has 0 bridgehead atoms. The summed E-state index contributed by atoms with van der Waals surface area (Å²) in [6.07, 6.45) is 3.82. The van der Waals surface area contributed by atoms with Crippen LogP contribution in [0.2, 0.25) is 0 Å². The number of aliphatic hydroxyl groups excluding tert-OH is 1. The normalized spacial score (nSPS) is 18.5. The van der Waals surface area contributed by atoms with Crippen LogP contribution in [0.25, 0.3) is 0 Å². The largest absolute Gasteiger partial charge is 0.507 e. The first-order valence-electron chi connectivity index (χ1n) is 10.1. The van der Waals surface area contributed by atoms with E-state index in [1.165, 1.54) is 11.6 Å². The van der Waals surface area contributed by atoms with Gasteiger partial charge >= 0.3 is 0 Å². The molecule has 0 fully saturated rings. The summed E-state index contributed by atoms with van der Waals surface area (Å²) >= 11 is 0. The Bertz CT molecular complexity index is 984. The lowest BCUT2D eigenvalue weighted by molar-refractivity contribution is 0.0210. The van der Waals surface area contributed by atoms with Crippen molar-refractivity contribution in [1.29, 1.82) is 0 Å². The van der Waals surface area contributed by atoms with E-state index in [1.807, 2.05) is 19.1 Å². The lowest BCUT2D eigenvalue weighted by atomic mass is 9.90. The van der Waals surface area contributed by atoms with Crippen LogP contribution < -0.4 is 4.74 Å². The van der Waals surface area contributed by atoms with Crippen molar-refractivity contribution < 1.29 is 24.9 Å². The minimum absolute atomic E-state index is 0.0714. The third-order valence-corrected chi connectivity index (χ3v) is 5.28. The Balaban J connectivity index is 1.87. The smallest absolute Gasteiger partial charge is 0.202 e. The van der Waals surface area contributed by atoms with Crippen molar-refractivity contribution >= 4 is 5.78 Å². The zero-order valence-corrected chi connectivity index (χ0v) is 17.6. The number of ketones is 1. The summed E-state index contributed by atoms with van der Waals surface area (Å²) in [5.74, 6) is -1.03. The molecule has 2 aromatic carbocycles. The monoisotopic (exact) mass is 408 g/mol. The first kappa shape index (κ1) is 21.7. The molecule has 3 N–H and O–H groups in total. The third-order valence-electron chi connectivity index (χ3n) is 5.28. The van der Waals surface area contributed by atoms with Crippen LogP contribution in [0.5, 0.6) is 17.2 Å². The quantitative estimate of drug-likeness (QED) is 0.585. The Kier molecular flexibility index (Phi) is 6.63. The van der Waals surface area contributed by atoms with Crippen LogP contribution in [0.1, 0.15) is 61.2 Å². The van der Waals surface area contributed by atoms with Gasteiger partial charge in [0.25, 0.3) is 0 Å². The lowest BCUT2D eigenvalue weighted by Gasteiger charge is -2.30. The van der Waals surface area contributed by atoms with Crippen molar-refractivity contribution in [1.82, 2.24) is 0 Å². The highest BCUT2D eigenvalue weighted by atomic mass is 16.5. The number of ether oxygens (including phenoxy) is 1. The van der Waals surface area contributed by atoms with Gasteiger partial charge in [0.1, 0.15) is 22.8 Å². The molecule has 1 heterocycles. The molecule has 1 aliphatic rings. The maximum Gasteiger partial charge on any atom is 0.202 e. The zero-order valence-electron chi connectivity index (χ0n) is 17.6. The van der Waals surface area contributed by atoms with Crippen molar-refractivity contribution in [3.05, 3.63) is 76.4 Å². The van der Waals surface area contributed by atoms with Gasteiger partial charge in [0, 0.05) is 11.6 Å². The van der Waals surface area contributed by atoms with E-state index >= 15 is 0 Å². The zero-order chi connectivity index (χ0) is 21.8. The summed E-state index contributed by atoms with van der Waals surface area (Å²) in [5.41, 5.74) is 3.19. The van der Waals surface area contributed by atoms with Gasteiger partial charge < -0.3 is 20.1 Å². The van der Waals surface area contributed by atoms with Crippen molar-refractivity contribution in [2.45, 2.75) is 52.2 Å². The number of hydrogen-bond acceptors (Lipinski definition) is 5. The molecule has 0 spiro atoms. The number of hydrogen-bond donors (Lipinski definition) is 3. The second-order valence-corrected chi connectivity index (χ2v) is 7.93. The van der Waals surface area contributed by atoms with Crippen LogP contribution in [0.4, 0.5) is 0 Å². The van der Waals surface area contributed by atoms with E-state index in [-0.39, 0.29) is 34.8 Å². The highest BCUT2D eigenvalue weighted by Gasteiger charge is 2.39. The molecule has 0 amide bonds. The molecular formula is C25H28O5. The van der Waals surface area contributed by atoms with Gasteiger partial charge in [-0.05, 0) is 45.6 Å². The highest BCUT2D eigenvalue weighted by molar-refractivity contribution is 6.06. The minimum Gasteiger partial charge on any atom is -0.507 e. The molecule has 0 saturated heterocycles. The molecule has 158 valence electrons. The summed E-state index contributed by atoms with van der Waals surface area (Å²) in [5, 5.41) is 31.7. The number of phenolic OH excluding ortho intramolecular Hbond substituents is 2. The fourth-order valence-electron chi connectivity index (χ4n) is 3.55. The maximum atomic E-state index is 12.8. The fraction of sp³-hybridized carbons (Fsp3) is 0.320. The predicted molar refractivity (Wildman–Crippen MR) is 116 cm³/mol. The SMILES string of the molecule is CC(C)=CCCC(C)=CCc1c(O)cc2c(c1O)C(=O)[C@@H](O)[C@@H](c1ccccc1)O2. The molecular weight excluding hydrogens is 380 g/mol. The number of Topliss-reactive ketones (excluding diaryl/α,β-unsaturated/α-hetero) is 1. The van der Waals surface area contributed by atoms with Crippen LogP contribution in [0.3, 0.4) is 0 Å². The van der Waals surface area contributed by atoms with Crippen molar-refractivity contribution in [3.8, 4) is 17.2 Å². The second kappa shape index (κ2) is 9.18. The summed E-state index contributed by atoms with van der Waals surface area (Å²) in [7, 11) is 0. The molecule has 2 aromatic rings. The summed E-state index contributed by atoms with van der Waals surface area (Å²) in [6.45, 7) is 6.10. The first-order chi connectivity index (χ1) is 14.3. The number of phenols is 2. The van der Waals surface area contributed by atoms with Gasteiger partial charge in [-0.25, -0.2) is 0 Å². The topological polar surface area (TPSA) is 87.0 Å². The third kappa shape index (κ3) is 4.57. The molecule has 0 radical (unpaired) electrons. The molecule has 0 aromatic heterocycles.